The molecule has 1 aliphatic carbocycles. The van der Waals surface area contributed by atoms with E-state index in [0.717, 1.165) is 35.7 Å². The highest BCUT2D eigenvalue weighted by Gasteiger charge is 2.40. The number of hydrogen-bond acceptors (Lipinski definition) is 7. The van der Waals surface area contributed by atoms with E-state index in [1.807, 2.05) is 43.3 Å². The molecule has 8 nitrogen and oxygen atoms in total. The minimum Gasteiger partial charge on any atom is -0.512 e. The lowest BCUT2D eigenvalue weighted by Crippen LogP contribution is -2.62. The van der Waals surface area contributed by atoms with E-state index in [2.05, 4.69) is 76.2 Å². The minimum absolute atomic E-state index is 0.0470. The number of aliphatic hydroxyl groups is 1. The second kappa shape index (κ2) is 9.10. The van der Waals surface area contributed by atoms with Crippen LogP contribution in [-0.4, -0.2) is 54.4 Å². The number of anilines is 1. The first-order valence-corrected chi connectivity index (χ1v) is 12.9. The molecule has 0 aromatic carbocycles. The van der Waals surface area contributed by atoms with Crippen LogP contribution in [0.5, 0.6) is 0 Å². The van der Waals surface area contributed by atoms with E-state index in [9.17, 15) is 5.11 Å². The largest absolute Gasteiger partial charge is 0.512 e. The second-order valence-corrected chi connectivity index (χ2v) is 11.8. The average molecular weight is 500 g/mol. The lowest BCUT2D eigenvalue weighted by atomic mass is 9.74. The van der Waals surface area contributed by atoms with Crippen molar-refractivity contribution >= 4 is 5.82 Å². The predicted octanol–water partition coefficient (Wildman–Crippen LogP) is 4.73. The van der Waals surface area contributed by atoms with E-state index in [4.69, 9.17) is 0 Å². The van der Waals surface area contributed by atoms with Crippen molar-refractivity contribution in [2.75, 3.05) is 11.9 Å². The quantitative estimate of drug-likeness (QED) is 0.436. The number of hydrogen-bond donors (Lipinski definition) is 3. The molecule has 2 aliphatic rings. The van der Waals surface area contributed by atoms with E-state index >= 15 is 0 Å². The Labute approximate surface area is 219 Å². The van der Waals surface area contributed by atoms with Gasteiger partial charge in [-0.05, 0) is 83.4 Å². The molecule has 0 saturated carbocycles. The molecule has 5 rings (SSSR count). The van der Waals surface area contributed by atoms with Gasteiger partial charge in [0.25, 0.3) is 0 Å². The van der Waals surface area contributed by atoms with Crippen molar-refractivity contribution in [3.05, 3.63) is 89.6 Å². The lowest BCUT2D eigenvalue weighted by Gasteiger charge is -2.49. The van der Waals surface area contributed by atoms with Gasteiger partial charge in [0, 0.05) is 48.5 Å². The summed E-state index contributed by atoms with van der Waals surface area (Å²) < 4.78 is 0. The van der Waals surface area contributed by atoms with Gasteiger partial charge in [-0.25, -0.2) is 4.98 Å². The van der Waals surface area contributed by atoms with Crippen molar-refractivity contribution < 1.29 is 5.11 Å². The molecule has 0 spiro atoms. The number of aliphatic hydroxyl groups excluding tert-OH is 1. The fourth-order valence-corrected chi connectivity index (χ4v) is 6.14. The van der Waals surface area contributed by atoms with Crippen molar-refractivity contribution in [2.24, 2.45) is 0 Å². The van der Waals surface area contributed by atoms with Gasteiger partial charge in [-0.1, -0.05) is 12.2 Å². The van der Waals surface area contributed by atoms with Gasteiger partial charge in [0.15, 0.2) is 5.82 Å². The smallest absolute Gasteiger partial charge is 0.151 e. The van der Waals surface area contributed by atoms with E-state index in [1.54, 1.807) is 18.6 Å². The Balaban J connectivity index is 1.41. The molecule has 0 amide bonds. The molecule has 4 heterocycles. The van der Waals surface area contributed by atoms with Gasteiger partial charge in [-0.15, -0.1) is 5.10 Å². The maximum atomic E-state index is 11.3. The molecule has 2 unspecified atom stereocenters. The third-order valence-electron chi connectivity index (χ3n) is 7.58. The normalized spacial score (nSPS) is 25.0. The number of aromatic amines is 1. The third-order valence-corrected chi connectivity index (χ3v) is 7.58. The summed E-state index contributed by atoms with van der Waals surface area (Å²) in [6.45, 7) is 11.0. The van der Waals surface area contributed by atoms with Crippen LogP contribution in [0.2, 0.25) is 0 Å². The van der Waals surface area contributed by atoms with Gasteiger partial charge in [-0.2, -0.15) is 5.10 Å². The van der Waals surface area contributed by atoms with Gasteiger partial charge < -0.3 is 20.3 Å². The van der Waals surface area contributed by atoms with Crippen LogP contribution < -0.4 is 10.2 Å². The molecule has 2 atom stereocenters. The molecular weight excluding hydrogens is 462 g/mol. The van der Waals surface area contributed by atoms with E-state index < -0.39 is 5.41 Å². The van der Waals surface area contributed by atoms with Crippen molar-refractivity contribution in [3.63, 3.8) is 0 Å². The first-order chi connectivity index (χ1) is 17.5. The van der Waals surface area contributed by atoms with Gasteiger partial charge >= 0.3 is 0 Å². The van der Waals surface area contributed by atoms with Crippen molar-refractivity contribution in [2.45, 2.75) is 75.9 Å². The molecule has 37 heavy (non-hydrogen) atoms. The van der Waals surface area contributed by atoms with Crippen LogP contribution in [0.3, 0.4) is 0 Å². The molecule has 194 valence electrons. The van der Waals surface area contributed by atoms with Crippen molar-refractivity contribution in [3.8, 4) is 0 Å². The Morgan fingerprint density at radius 2 is 1.76 bits per heavy atom. The first-order valence-electron chi connectivity index (χ1n) is 12.9. The number of pyridine rings is 1. The van der Waals surface area contributed by atoms with Crippen LogP contribution in [0.15, 0.2) is 66.8 Å². The fourth-order valence-electron chi connectivity index (χ4n) is 6.14. The number of nitrogens with zero attached hydrogens (tertiary/aromatic N) is 5. The van der Waals surface area contributed by atoms with E-state index in [0.29, 0.717) is 11.7 Å². The van der Waals surface area contributed by atoms with Crippen LogP contribution in [0, 0.1) is 6.92 Å². The minimum atomic E-state index is -0.722. The summed E-state index contributed by atoms with van der Waals surface area (Å²) in [5, 5.41) is 24.1. The molecule has 0 radical (unpaired) electrons. The number of H-pyrrole nitrogens is 1. The molecule has 3 N–H and O–H groups in total. The fraction of sp³-hybridized carbons (Fsp3) is 0.448. The van der Waals surface area contributed by atoms with E-state index in [-0.39, 0.29) is 22.8 Å². The highest BCUT2D eigenvalue weighted by Crippen LogP contribution is 2.41. The molecule has 3 aromatic rings. The van der Waals surface area contributed by atoms with Crippen LogP contribution in [0.1, 0.15) is 69.2 Å². The first kappa shape index (κ1) is 25.1. The van der Waals surface area contributed by atoms with Gasteiger partial charge in [-0.3, -0.25) is 4.98 Å². The molecule has 8 heteroatoms. The van der Waals surface area contributed by atoms with Crippen LogP contribution >= 0.6 is 0 Å². The maximum Gasteiger partial charge on any atom is 0.151 e. The highest BCUT2D eigenvalue weighted by atomic mass is 16.3. The summed E-state index contributed by atoms with van der Waals surface area (Å²) in [5.74, 6) is 1.40. The Kier molecular flexibility index (Phi) is 6.18. The Hall–Kier alpha value is -3.52. The summed E-state index contributed by atoms with van der Waals surface area (Å²) in [6.07, 6.45) is 13.3. The molecule has 1 fully saturated rings. The number of allylic oxidation sites excluding steroid dienone is 3. The van der Waals surface area contributed by atoms with Crippen LogP contribution in [0.4, 0.5) is 5.82 Å². The average Bonchev–Trinajstić information content (AvgIpc) is 3.37. The third kappa shape index (κ3) is 4.90. The molecule has 3 aromatic heterocycles. The predicted molar refractivity (Wildman–Crippen MR) is 146 cm³/mol. The molecular formula is C29H37N7O. The number of aryl methyl sites for hydroxylation is 1. The van der Waals surface area contributed by atoms with Crippen molar-refractivity contribution in [1.29, 1.82) is 0 Å². The summed E-state index contributed by atoms with van der Waals surface area (Å²) in [5.41, 5.74) is 1.95. The Morgan fingerprint density at radius 3 is 2.35 bits per heavy atom. The summed E-state index contributed by atoms with van der Waals surface area (Å²) in [6, 6.07) is 8.30. The topological polar surface area (TPSA) is 103 Å². The summed E-state index contributed by atoms with van der Waals surface area (Å²) in [4.78, 5) is 14.3. The van der Waals surface area contributed by atoms with Crippen molar-refractivity contribution in [1.82, 2.24) is 30.5 Å². The lowest BCUT2D eigenvalue weighted by molar-refractivity contribution is 0.160. The van der Waals surface area contributed by atoms with Gasteiger partial charge in [0.05, 0.1) is 17.0 Å². The molecule has 1 aliphatic heterocycles. The van der Waals surface area contributed by atoms with Crippen LogP contribution in [0.25, 0.3) is 0 Å². The van der Waals surface area contributed by atoms with Crippen LogP contribution in [-0.2, 0) is 5.41 Å². The number of rotatable bonds is 5. The molecule has 0 bridgehead atoms. The summed E-state index contributed by atoms with van der Waals surface area (Å²) >= 11 is 0. The zero-order valence-corrected chi connectivity index (χ0v) is 22.5. The highest BCUT2D eigenvalue weighted by molar-refractivity contribution is 5.50. The number of imidazole rings is 1. The molecule has 1 saturated heterocycles. The standard InChI is InChI=1S/C29H37N7O/c1-19-15-20(10-12-30-19)29(26-31-13-14-32-26)11-9-22(24(37)18-29)23-7-8-25(34-33-23)36(6)21-16-27(2,3)35-28(4,5)17-21/h7-15,18,21-22,35,37H,16-17H2,1-6H3,(H,31,32). The maximum absolute atomic E-state index is 11.3. The van der Waals surface area contributed by atoms with Gasteiger partial charge in [0.2, 0.25) is 0 Å². The van der Waals surface area contributed by atoms with Gasteiger partial charge in [0.1, 0.15) is 11.6 Å². The second-order valence-electron chi connectivity index (χ2n) is 11.8. The monoisotopic (exact) mass is 499 g/mol. The van der Waals surface area contributed by atoms with E-state index in [1.165, 1.54) is 0 Å². The zero-order valence-electron chi connectivity index (χ0n) is 22.5. The summed E-state index contributed by atoms with van der Waals surface area (Å²) in [7, 11) is 2.10. The number of piperidine rings is 1. The number of aromatic nitrogens is 5. The Morgan fingerprint density at radius 1 is 1.00 bits per heavy atom. The Bertz CT molecular complexity index is 1290. The zero-order chi connectivity index (χ0) is 26.4. The SMILES string of the molecule is Cc1cc(C2(c3ncc[nH]3)C=CC(c3ccc(N(C)C4CC(C)(C)NC(C)(C)C4)nn3)C(O)=C2)ccn1. The number of nitrogens with one attached hydrogen (secondary N) is 2.